The van der Waals surface area contributed by atoms with Gasteiger partial charge in [-0.15, -0.1) is 0 Å². The lowest BCUT2D eigenvalue weighted by Gasteiger charge is -2.14. The van der Waals surface area contributed by atoms with Crippen LogP contribution >= 0.6 is 0 Å². The van der Waals surface area contributed by atoms with Crippen molar-refractivity contribution in [3.8, 4) is 17.6 Å². The van der Waals surface area contributed by atoms with Crippen molar-refractivity contribution in [2.75, 3.05) is 5.75 Å². The molecule has 10 heteroatoms. The fourth-order valence-electron chi connectivity index (χ4n) is 4.29. The molecule has 6 nitrogen and oxygen atoms in total. The molecule has 2 aromatic heterocycles. The van der Waals surface area contributed by atoms with Crippen LogP contribution in [0.5, 0.6) is 0 Å². The van der Waals surface area contributed by atoms with Gasteiger partial charge in [0.15, 0.2) is 15.7 Å². The molecule has 0 saturated heterocycles. The summed E-state index contributed by atoms with van der Waals surface area (Å²) in [7, 11) is -2.18. The first-order chi connectivity index (χ1) is 16.0. The second kappa shape index (κ2) is 7.27. The summed E-state index contributed by atoms with van der Waals surface area (Å²) in [5, 5.41) is 10.5. The number of nitriles is 1. The number of pyridine rings is 1. The zero-order valence-electron chi connectivity index (χ0n) is 18.3. The third-order valence-electron chi connectivity index (χ3n) is 6.47. The van der Waals surface area contributed by atoms with Gasteiger partial charge >= 0.3 is 6.18 Å². The average molecular weight is 485 g/mol. The molecule has 5 rings (SSSR count). The Kier molecular flexibility index (Phi) is 4.78. The van der Waals surface area contributed by atoms with Crippen molar-refractivity contribution in [1.82, 2.24) is 14.5 Å². The van der Waals surface area contributed by atoms with Crippen LogP contribution in [0.1, 0.15) is 30.9 Å². The molecule has 1 aliphatic carbocycles. The Morgan fingerprint density at radius 1 is 1.18 bits per heavy atom. The number of hydrogen-bond donors (Lipinski definition) is 0. The molecule has 1 saturated carbocycles. The fraction of sp³-hybridized carbons (Fsp3) is 0.292. The minimum atomic E-state index is -4.52. The van der Waals surface area contributed by atoms with E-state index in [-0.39, 0.29) is 27.7 Å². The van der Waals surface area contributed by atoms with E-state index in [0.717, 1.165) is 30.5 Å². The van der Waals surface area contributed by atoms with Gasteiger partial charge in [-0.05, 0) is 42.7 Å². The Morgan fingerprint density at radius 3 is 2.53 bits per heavy atom. The maximum absolute atomic E-state index is 13.2. The summed E-state index contributed by atoms with van der Waals surface area (Å²) >= 11 is 0. The largest absolute Gasteiger partial charge is 0.416 e. The molecule has 0 amide bonds. The molecule has 2 heterocycles. The quantitative estimate of drug-likeness (QED) is 0.399. The lowest BCUT2D eigenvalue weighted by molar-refractivity contribution is -0.137. The summed E-state index contributed by atoms with van der Waals surface area (Å²) in [6.45, 7) is 1.52. The second-order valence-electron chi connectivity index (χ2n) is 8.53. The molecule has 4 aromatic rings. The zero-order valence-corrected chi connectivity index (χ0v) is 19.1. The minimum absolute atomic E-state index is 0.0182. The summed E-state index contributed by atoms with van der Waals surface area (Å²) < 4.78 is 67.5. The molecule has 0 bridgehead atoms. The van der Waals surface area contributed by atoms with E-state index in [0.29, 0.717) is 16.3 Å². The Labute approximate surface area is 193 Å². The Bertz CT molecular complexity index is 1630. The lowest BCUT2D eigenvalue weighted by atomic mass is 9.95. The monoisotopic (exact) mass is 484 g/mol. The molecule has 0 unspecified atom stereocenters. The SMILES string of the molecule is CCS(=O)(=O)c1c(-c2nc3cc(C(F)(F)F)ccc3n2C)ncc2cc(C3(C#N)CC3)ccc12. The molecule has 0 atom stereocenters. The summed E-state index contributed by atoms with van der Waals surface area (Å²) in [6, 6.07) is 10.8. The van der Waals surface area contributed by atoms with Crippen molar-refractivity contribution < 1.29 is 21.6 Å². The van der Waals surface area contributed by atoms with Gasteiger partial charge in [0.05, 0.1) is 33.8 Å². The Balaban J connectivity index is 1.77. The van der Waals surface area contributed by atoms with Gasteiger partial charge in [-0.1, -0.05) is 19.1 Å². The molecule has 0 aliphatic heterocycles. The van der Waals surface area contributed by atoms with Crippen molar-refractivity contribution in [1.29, 1.82) is 5.26 Å². The highest BCUT2D eigenvalue weighted by Crippen LogP contribution is 2.48. The predicted octanol–water partition coefficient (Wildman–Crippen LogP) is 5.16. The standard InChI is InChI=1S/C24H19F3N4O2S/c1-3-34(32,33)21-17-6-4-15(23(13-28)8-9-23)10-14(17)12-29-20(21)22-30-18-11-16(24(25,26)27)5-7-19(18)31(22)2/h4-7,10-12H,3,8-9H2,1-2H3. The van der Waals surface area contributed by atoms with E-state index < -0.39 is 27.0 Å². The molecular weight excluding hydrogens is 465 g/mol. The number of alkyl halides is 3. The molecule has 0 radical (unpaired) electrons. The lowest BCUT2D eigenvalue weighted by Crippen LogP contribution is -2.10. The molecule has 174 valence electrons. The van der Waals surface area contributed by atoms with Gasteiger partial charge in [0.1, 0.15) is 10.6 Å². The van der Waals surface area contributed by atoms with E-state index in [9.17, 15) is 26.9 Å². The third-order valence-corrected chi connectivity index (χ3v) is 8.27. The predicted molar refractivity (Wildman–Crippen MR) is 121 cm³/mol. The number of benzene rings is 2. The molecule has 1 aliphatic rings. The number of fused-ring (bicyclic) bond motifs is 2. The highest BCUT2D eigenvalue weighted by atomic mass is 32.2. The number of halogens is 3. The van der Waals surface area contributed by atoms with E-state index in [2.05, 4.69) is 16.0 Å². The van der Waals surface area contributed by atoms with E-state index in [1.54, 1.807) is 29.8 Å². The maximum Gasteiger partial charge on any atom is 0.416 e. The number of hydrogen-bond acceptors (Lipinski definition) is 5. The fourth-order valence-corrected chi connectivity index (χ4v) is 5.54. The number of sulfone groups is 1. The van der Waals surface area contributed by atoms with Crippen molar-refractivity contribution >= 4 is 31.6 Å². The third kappa shape index (κ3) is 3.34. The van der Waals surface area contributed by atoms with E-state index in [4.69, 9.17) is 0 Å². The molecule has 2 aromatic carbocycles. The van der Waals surface area contributed by atoms with E-state index >= 15 is 0 Å². The normalized spacial score (nSPS) is 15.5. The highest BCUT2D eigenvalue weighted by molar-refractivity contribution is 7.91. The number of aryl methyl sites for hydroxylation is 1. The number of nitrogens with zero attached hydrogens (tertiary/aromatic N) is 4. The second-order valence-corrected chi connectivity index (χ2v) is 10.7. The Hall–Kier alpha value is -3.45. The van der Waals surface area contributed by atoms with Crippen LogP contribution in [0.4, 0.5) is 13.2 Å². The zero-order chi connectivity index (χ0) is 24.5. The summed E-state index contributed by atoms with van der Waals surface area (Å²) in [5.74, 6) is -0.0321. The van der Waals surface area contributed by atoms with Crippen LogP contribution in [0.2, 0.25) is 0 Å². The van der Waals surface area contributed by atoms with E-state index in [1.807, 2.05) is 0 Å². The minimum Gasteiger partial charge on any atom is -0.326 e. The van der Waals surface area contributed by atoms with E-state index in [1.165, 1.54) is 19.2 Å². The van der Waals surface area contributed by atoms with Gasteiger partial charge in [0, 0.05) is 24.0 Å². The average Bonchev–Trinajstić information content (AvgIpc) is 3.55. The van der Waals surface area contributed by atoms with Gasteiger partial charge in [-0.3, -0.25) is 4.98 Å². The number of imidazole rings is 1. The van der Waals surface area contributed by atoms with Crippen molar-refractivity contribution in [3.05, 3.63) is 53.7 Å². The first kappa shape index (κ1) is 22.3. The van der Waals surface area contributed by atoms with Crippen LogP contribution in [0.25, 0.3) is 33.3 Å². The molecular formula is C24H19F3N4O2S. The summed E-state index contributed by atoms with van der Waals surface area (Å²) in [6.07, 6.45) is -1.50. The van der Waals surface area contributed by atoms with Crippen LogP contribution in [-0.2, 0) is 28.5 Å². The van der Waals surface area contributed by atoms with Crippen LogP contribution in [-0.4, -0.2) is 28.7 Å². The van der Waals surface area contributed by atoms with Gasteiger partial charge < -0.3 is 4.57 Å². The maximum atomic E-state index is 13.2. The molecule has 34 heavy (non-hydrogen) atoms. The summed E-state index contributed by atoms with van der Waals surface area (Å²) in [5.41, 5.74) is 0.0371. The van der Waals surface area contributed by atoms with Gasteiger partial charge in [-0.2, -0.15) is 18.4 Å². The smallest absolute Gasteiger partial charge is 0.326 e. The molecule has 1 fully saturated rings. The molecule has 0 spiro atoms. The van der Waals surface area contributed by atoms with Crippen LogP contribution in [0.15, 0.2) is 47.5 Å². The van der Waals surface area contributed by atoms with Crippen molar-refractivity contribution in [3.63, 3.8) is 0 Å². The van der Waals surface area contributed by atoms with Gasteiger partial charge in [0.2, 0.25) is 0 Å². The topological polar surface area (TPSA) is 88.6 Å². The van der Waals surface area contributed by atoms with Crippen LogP contribution in [0.3, 0.4) is 0 Å². The first-order valence-corrected chi connectivity index (χ1v) is 12.3. The summed E-state index contributed by atoms with van der Waals surface area (Å²) in [4.78, 5) is 8.75. The molecule has 0 N–H and O–H groups in total. The van der Waals surface area contributed by atoms with Crippen molar-refractivity contribution in [2.45, 2.75) is 36.3 Å². The number of rotatable bonds is 4. The van der Waals surface area contributed by atoms with Gasteiger partial charge in [-0.25, -0.2) is 13.4 Å². The Morgan fingerprint density at radius 2 is 1.91 bits per heavy atom. The van der Waals surface area contributed by atoms with Gasteiger partial charge in [0.25, 0.3) is 0 Å². The highest BCUT2D eigenvalue weighted by Gasteiger charge is 2.45. The van der Waals surface area contributed by atoms with Crippen LogP contribution in [0, 0.1) is 11.3 Å². The number of aromatic nitrogens is 3. The van der Waals surface area contributed by atoms with Crippen molar-refractivity contribution in [2.24, 2.45) is 7.05 Å². The first-order valence-electron chi connectivity index (χ1n) is 10.6. The van der Waals surface area contributed by atoms with Crippen LogP contribution < -0.4 is 0 Å².